The third-order valence-corrected chi connectivity index (χ3v) is 3.56. The third-order valence-electron chi connectivity index (χ3n) is 2.80. The number of thiazole rings is 1. The van der Waals surface area contributed by atoms with Crippen molar-refractivity contribution in [2.24, 2.45) is 5.73 Å². The highest BCUT2D eigenvalue weighted by molar-refractivity contribution is 7.14. The molecule has 2 rings (SSSR count). The van der Waals surface area contributed by atoms with Gasteiger partial charge in [0, 0.05) is 23.9 Å². The summed E-state index contributed by atoms with van der Waals surface area (Å²) in [5, 5.41) is 5.14. The van der Waals surface area contributed by atoms with Crippen molar-refractivity contribution in [3.8, 4) is 22.8 Å². The summed E-state index contributed by atoms with van der Waals surface area (Å²) in [6, 6.07) is 5.56. The number of ether oxygens (including phenoxy) is 2. The second-order valence-corrected chi connectivity index (χ2v) is 5.05. The first-order valence-electron chi connectivity index (χ1n) is 6.35. The molecule has 0 bridgehead atoms. The standard InChI is InChI=1S/C14H17N3O3S.ClH/c1-19-11-4-3-9(7-12(11)20-2)10-8-21-14(16-10)17-13(18)5-6-15;/h3-4,7-8H,5-6,15H2,1-2H3,(H,16,17,18);1H. The van der Waals surface area contributed by atoms with Gasteiger partial charge in [-0.3, -0.25) is 4.79 Å². The summed E-state index contributed by atoms with van der Waals surface area (Å²) in [6.45, 7) is 0.319. The number of carbonyl (C=O) groups is 1. The number of methoxy groups -OCH3 is 2. The molecule has 8 heteroatoms. The van der Waals surface area contributed by atoms with Gasteiger partial charge in [0.05, 0.1) is 19.9 Å². The van der Waals surface area contributed by atoms with E-state index >= 15 is 0 Å². The number of hydrogen-bond acceptors (Lipinski definition) is 6. The topological polar surface area (TPSA) is 86.5 Å². The molecule has 0 atom stereocenters. The summed E-state index contributed by atoms with van der Waals surface area (Å²) in [5.41, 5.74) is 6.99. The van der Waals surface area contributed by atoms with Crippen molar-refractivity contribution in [2.45, 2.75) is 6.42 Å². The highest BCUT2D eigenvalue weighted by Crippen LogP contribution is 2.33. The molecule has 120 valence electrons. The second-order valence-electron chi connectivity index (χ2n) is 4.19. The lowest BCUT2D eigenvalue weighted by atomic mass is 10.1. The van der Waals surface area contributed by atoms with Crippen LogP contribution in [0.4, 0.5) is 5.13 Å². The van der Waals surface area contributed by atoms with Crippen molar-refractivity contribution in [1.29, 1.82) is 0 Å². The number of nitrogens with zero attached hydrogens (tertiary/aromatic N) is 1. The molecule has 1 aromatic carbocycles. The highest BCUT2D eigenvalue weighted by atomic mass is 35.5. The molecular formula is C14H18ClN3O3S. The van der Waals surface area contributed by atoms with Gasteiger partial charge < -0.3 is 20.5 Å². The molecule has 1 heterocycles. The van der Waals surface area contributed by atoms with E-state index in [1.165, 1.54) is 11.3 Å². The number of carbonyl (C=O) groups excluding carboxylic acids is 1. The summed E-state index contributed by atoms with van der Waals surface area (Å²) in [7, 11) is 3.17. The van der Waals surface area contributed by atoms with Crippen LogP contribution in [0, 0.1) is 0 Å². The van der Waals surface area contributed by atoms with Crippen LogP contribution in [0.2, 0.25) is 0 Å². The average molecular weight is 344 g/mol. The van der Waals surface area contributed by atoms with Crippen molar-refractivity contribution >= 4 is 34.8 Å². The van der Waals surface area contributed by atoms with Gasteiger partial charge in [-0.15, -0.1) is 23.7 Å². The fraction of sp³-hybridized carbons (Fsp3) is 0.286. The Morgan fingerprint density at radius 1 is 1.32 bits per heavy atom. The van der Waals surface area contributed by atoms with Gasteiger partial charge in [-0.1, -0.05) is 0 Å². The van der Waals surface area contributed by atoms with E-state index in [0.29, 0.717) is 23.2 Å². The van der Waals surface area contributed by atoms with Crippen molar-refractivity contribution in [2.75, 3.05) is 26.1 Å². The number of nitrogens with one attached hydrogen (secondary N) is 1. The summed E-state index contributed by atoms with van der Waals surface area (Å²) < 4.78 is 10.5. The van der Waals surface area contributed by atoms with Gasteiger partial charge in [-0.2, -0.15) is 0 Å². The number of anilines is 1. The van der Waals surface area contributed by atoms with E-state index in [1.54, 1.807) is 14.2 Å². The molecule has 0 fully saturated rings. The molecule has 0 spiro atoms. The van der Waals surface area contributed by atoms with Gasteiger partial charge in [0.1, 0.15) is 0 Å². The van der Waals surface area contributed by atoms with Crippen molar-refractivity contribution in [1.82, 2.24) is 4.98 Å². The molecule has 0 saturated carbocycles. The number of amides is 1. The highest BCUT2D eigenvalue weighted by Gasteiger charge is 2.10. The van der Waals surface area contributed by atoms with Crippen molar-refractivity contribution in [3.63, 3.8) is 0 Å². The molecule has 1 amide bonds. The number of hydrogen-bond donors (Lipinski definition) is 2. The molecule has 0 radical (unpaired) electrons. The molecule has 0 aliphatic heterocycles. The van der Waals surface area contributed by atoms with E-state index < -0.39 is 0 Å². The quantitative estimate of drug-likeness (QED) is 0.841. The maximum atomic E-state index is 11.5. The Hall–Kier alpha value is -1.83. The first kappa shape index (κ1) is 18.2. The van der Waals surface area contributed by atoms with Gasteiger partial charge >= 0.3 is 0 Å². The molecule has 22 heavy (non-hydrogen) atoms. The van der Waals surface area contributed by atoms with Crippen LogP contribution >= 0.6 is 23.7 Å². The molecule has 6 nitrogen and oxygen atoms in total. The third kappa shape index (κ3) is 4.33. The van der Waals surface area contributed by atoms with Gasteiger partial charge in [0.15, 0.2) is 16.6 Å². The zero-order chi connectivity index (χ0) is 15.2. The van der Waals surface area contributed by atoms with Crippen LogP contribution in [0.25, 0.3) is 11.3 Å². The number of aromatic nitrogens is 1. The van der Waals surface area contributed by atoms with Crippen LogP contribution < -0.4 is 20.5 Å². The predicted molar refractivity (Wildman–Crippen MR) is 90.2 cm³/mol. The normalized spacial score (nSPS) is 9.77. The summed E-state index contributed by atoms with van der Waals surface area (Å²) in [6.07, 6.45) is 0.283. The van der Waals surface area contributed by atoms with E-state index in [-0.39, 0.29) is 24.7 Å². The molecule has 2 aromatic rings. The minimum absolute atomic E-state index is 0. The fourth-order valence-electron chi connectivity index (χ4n) is 1.77. The Kier molecular flexibility index (Phi) is 7.10. The SMILES string of the molecule is COc1ccc(-c2csc(NC(=O)CCN)n2)cc1OC.Cl. The minimum atomic E-state index is -0.134. The Morgan fingerprint density at radius 2 is 2.05 bits per heavy atom. The molecule has 0 aliphatic rings. The summed E-state index contributed by atoms with van der Waals surface area (Å²) >= 11 is 1.37. The van der Waals surface area contributed by atoms with E-state index in [0.717, 1.165) is 11.3 Å². The van der Waals surface area contributed by atoms with Crippen LogP contribution in [0.15, 0.2) is 23.6 Å². The molecule has 3 N–H and O–H groups in total. The lowest BCUT2D eigenvalue weighted by molar-refractivity contribution is -0.116. The molecule has 0 unspecified atom stereocenters. The molecule has 0 saturated heterocycles. The summed E-state index contributed by atoms with van der Waals surface area (Å²) in [4.78, 5) is 15.9. The van der Waals surface area contributed by atoms with Gasteiger partial charge in [-0.25, -0.2) is 4.98 Å². The smallest absolute Gasteiger partial charge is 0.227 e. The van der Waals surface area contributed by atoms with Crippen LogP contribution in [0.3, 0.4) is 0 Å². The summed E-state index contributed by atoms with van der Waals surface area (Å²) in [5.74, 6) is 1.16. The van der Waals surface area contributed by atoms with Crippen LogP contribution in [0.1, 0.15) is 6.42 Å². The first-order chi connectivity index (χ1) is 10.2. The number of halogens is 1. The molecular weight excluding hydrogens is 326 g/mol. The van der Waals surface area contributed by atoms with Crippen LogP contribution in [0.5, 0.6) is 11.5 Å². The zero-order valence-electron chi connectivity index (χ0n) is 12.3. The largest absolute Gasteiger partial charge is 0.493 e. The van der Waals surface area contributed by atoms with Crippen LogP contribution in [-0.2, 0) is 4.79 Å². The lowest BCUT2D eigenvalue weighted by Crippen LogP contribution is -2.15. The van der Waals surface area contributed by atoms with E-state index in [2.05, 4.69) is 10.3 Å². The number of nitrogens with two attached hydrogens (primary N) is 1. The zero-order valence-corrected chi connectivity index (χ0v) is 13.9. The second kappa shape index (κ2) is 8.57. The fourth-order valence-corrected chi connectivity index (χ4v) is 2.51. The minimum Gasteiger partial charge on any atom is -0.493 e. The Morgan fingerprint density at radius 3 is 2.68 bits per heavy atom. The lowest BCUT2D eigenvalue weighted by Gasteiger charge is -2.08. The molecule has 0 aliphatic carbocycles. The monoisotopic (exact) mass is 343 g/mol. The Labute approximate surface area is 139 Å². The van der Waals surface area contributed by atoms with Crippen LogP contribution in [-0.4, -0.2) is 31.7 Å². The van der Waals surface area contributed by atoms with E-state index in [4.69, 9.17) is 15.2 Å². The Balaban J connectivity index is 0.00000242. The van der Waals surface area contributed by atoms with Crippen molar-refractivity contribution in [3.05, 3.63) is 23.6 Å². The van der Waals surface area contributed by atoms with Gasteiger partial charge in [-0.05, 0) is 18.2 Å². The van der Waals surface area contributed by atoms with Gasteiger partial charge in [0.25, 0.3) is 0 Å². The van der Waals surface area contributed by atoms with E-state index in [1.807, 2.05) is 23.6 Å². The first-order valence-corrected chi connectivity index (χ1v) is 7.23. The maximum Gasteiger partial charge on any atom is 0.227 e. The maximum absolute atomic E-state index is 11.5. The van der Waals surface area contributed by atoms with Gasteiger partial charge in [0.2, 0.25) is 5.91 Å². The molecule has 1 aromatic heterocycles. The van der Waals surface area contributed by atoms with E-state index in [9.17, 15) is 4.79 Å². The number of benzene rings is 1. The van der Waals surface area contributed by atoms with Crippen molar-refractivity contribution < 1.29 is 14.3 Å². The predicted octanol–water partition coefficient (Wildman–Crippen LogP) is 2.54. The average Bonchev–Trinajstić information content (AvgIpc) is 2.95. The Bertz CT molecular complexity index is 634. The number of rotatable bonds is 6.